The van der Waals surface area contributed by atoms with Crippen LogP contribution < -0.4 is 0 Å². The van der Waals surface area contributed by atoms with Crippen molar-refractivity contribution >= 4 is 33.5 Å². The normalized spacial score (nSPS) is 11.8. The fourth-order valence-corrected chi connectivity index (χ4v) is 2.27. The van der Waals surface area contributed by atoms with Crippen LogP contribution >= 0.6 is 27.7 Å². The van der Waals surface area contributed by atoms with Crippen molar-refractivity contribution in [2.45, 2.75) is 11.3 Å². The maximum Gasteiger partial charge on any atom is 0.433 e. The molecule has 114 valence electrons. The summed E-state index contributed by atoms with van der Waals surface area (Å²) in [6, 6.07) is 7.53. The van der Waals surface area contributed by atoms with Crippen LogP contribution in [0.1, 0.15) is 16.1 Å². The second kappa shape index (κ2) is 7.06. The number of rotatable bonds is 4. The molecule has 2 rings (SSSR count). The molecule has 8 heteroatoms. The predicted molar refractivity (Wildman–Crippen MR) is 80.5 cm³/mol. The number of allylic oxidation sites excluding steroid dienone is 1. The van der Waals surface area contributed by atoms with Crippen LogP contribution in [0.3, 0.4) is 0 Å². The maximum atomic E-state index is 12.5. The van der Waals surface area contributed by atoms with Gasteiger partial charge in [-0.25, -0.2) is 9.97 Å². The molecule has 0 saturated heterocycles. The first-order valence-corrected chi connectivity index (χ1v) is 7.57. The van der Waals surface area contributed by atoms with Gasteiger partial charge in [-0.3, -0.25) is 4.79 Å². The molecule has 0 fully saturated rings. The number of hydrogen-bond donors (Lipinski definition) is 0. The number of alkyl halides is 3. The molecule has 0 radical (unpaired) electrons. The van der Waals surface area contributed by atoms with Crippen LogP contribution in [0.2, 0.25) is 0 Å². The molecule has 0 spiro atoms. The van der Waals surface area contributed by atoms with Crippen molar-refractivity contribution in [3.8, 4) is 0 Å². The van der Waals surface area contributed by atoms with Crippen LogP contribution in [-0.2, 0) is 6.18 Å². The van der Waals surface area contributed by atoms with Gasteiger partial charge in [-0.2, -0.15) is 13.2 Å². The van der Waals surface area contributed by atoms with E-state index < -0.39 is 11.9 Å². The van der Waals surface area contributed by atoms with E-state index in [1.807, 2.05) is 0 Å². The lowest BCUT2D eigenvalue weighted by Gasteiger charge is -2.05. The SMILES string of the molecule is O=C(C=CSc1nccc(C(F)(F)F)n1)c1ccc(Br)cc1. The molecule has 1 aromatic heterocycles. The van der Waals surface area contributed by atoms with Gasteiger partial charge in [0.2, 0.25) is 0 Å². The van der Waals surface area contributed by atoms with Crippen LogP contribution in [0.5, 0.6) is 0 Å². The zero-order chi connectivity index (χ0) is 16.2. The number of ketones is 1. The Kier molecular flexibility index (Phi) is 5.36. The molecule has 0 unspecified atom stereocenters. The van der Waals surface area contributed by atoms with Crippen LogP contribution in [0.15, 0.2) is 57.6 Å². The predicted octanol–water partition coefficient (Wildman–Crippen LogP) is 4.75. The number of hydrogen-bond acceptors (Lipinski definition) is 4. The molecule has 22 heavy (non-hydrogen) atoms. The van der Waals surface area contributed by atoms with Crippen LogP contribution in [0, 0.1) is 0 Å². The smallest absolute Gasteiger partial charge is 0.289 e. The third kappa shape index (κ3) is 4.67. The van der Waals surface area contributed by atoms with Gasteiger partial charge < -0.3 is 0 Å². The third-order valence-electron chi connectivity index (χ3n) is 2.45. The topological polar surface area (TPSA) is 42.9 Å². The summed E-state index contributed by atoms with van der Waals surface area (Å²) < 4.78 is 38.3. The summed E-state index contributed by atoms with van der Waals surface area (Å²) in [7, 11) is 0. The summed E-state index contributed by atoms with van der Waals surface area (Å²) in [4.78, 5) is 18.9. The van der Waals surface area contributed by atoms with E-state index >= 15 is 0 Å². The minimum atomic E-state index is -4.52. The Bertz CT molecular complexity index is 702. The van der Waals surface area contributed by atoms with Crippen molar-refractivity contribution < 1.29 is 18.0 Å². The lowest BCUT2D eigenvalue weighted by atomic mass is 10.1. The van der Waals surface area contributed by atoms with E-state index in [1.165, 1.54) is 11.5 Å². The first-order chi connectivity index (χ1) is 10.4. The van der Waals surface area contributed by atoms with Gasteiger partial charge in [-0.05, 0) is 41.8 Å². The zero-order valence-electron chi connectivity index (χ0n) is 10.8. The number of carbonyl (C=O) groups excluding carboxylic acids is 1. The molecule has 3 nitrogen and oxygen atoms in total. The number of aromatic nitrogens is 2. The second-order valence-corrected chi connectivity index (χ2v) is 5.80. The van der Waals surface area contributed by atoms with E-state index in [-0.39, 0.29) is 10.9 Å². The lowest BCUT2D eigenvalue weighted by molar-refractivity contribution is -0.141. The highest BCUT2D eigenvalue weighted by atomic mass is 79.9. The Morgan fingerprint density at radius 1 is 1.18 bits per heavy atom. The van der Waals surface area contributed by atoms with Crippen molar-refractivity contribution in [1.82, 2.24) is 9.97 Å². The van der Waals surface area contributed by atoms with Gasteiger partial charge in [0, 0.05) is 16.2 Å². The molecule has 1 heterocycles. The van der Waals surface area contributed by atoms with Crippen LogP contribution in [-0.4, -0.2) is 15.8 Å². The zero-order valence-corrected chi connectivity index (χ0v) is 13.2. The minimum absolute atomic E-state index is 0.0744. The summed E-state index contributed by atoms with van der Waals surface area (Å²) in [6.07, 6.45) is -2.23. The first kappa shape index (κ1) is 16.7. The summed E-state index contributed by atoms with van der Waals surface area (Å²) in [5.41, 5.74) is -0.539. The Morgan fingerprint density at radius 3 is 2.50 bits per heavy atom. The van der Waals surface area contributed by atoms with Gasteiger partial charge in [0.15, 0.2) is 10.9 Å². The number of carbonyl (C=O) groups is 1. The Hall–Kier alpha value is -1.67. The Morgan fingerprint density at radius 2 is 1.86 bits per heavy atom. The highest BCUT2D eigenvalue weighted by Crippen LogP contribution is 2.28. The van der Waals surface area contributed by atoms with Gasteiger partial charge in [0.25, 0.3) is 0 Å². The van der Waals surface area contributed by atoms with E-state index in [9.17, 15) is 18.0 Å². The van der Waals surface area contributed by atoms with Crippen molar-refractivity contribution in [3.05, 3.63) is 63.7 Å². The van der Waals surface area contributed by atoms with Gasteiger partial charge in [0.1, 0.15) is 5.69 Å². The molecule has 0 aliphatic rings. The first-order valence-electron chi connectivity index (χ1n) is 5.89. The molecular weight excluding hydrogens is 381 g/mol. The average molecular weight is 389 g/mol. The molecule has 0 atom stereocenters. The number of halogens is 4. The van der Waals surface area contributed by atoms with Gasteiger partial charge >= 0.3 is 6.18 Å². The van der Waals surface area contributed by atoms with Crippen LogP contribution in [0.25, 0.3) is 0 Å². The van der Waals surface area contributed by atoms with E-state index in [2.05, 4.69) is 25.9 Å². The summed E-state index contributed by atoms with van der Waals surface area (Å²) in [5.74, 6) is -0.257. The third-order valence-corrected chi connectivity index (χ3v) is 3.65. The maximum absolute atomic E-state index is 12.5. The second-order valence-electron chi connectivity index (χ2n) is 4.01. The molecule has 0 aliphatic carbocycles. The van der Waals surface area contributed by atoms with Crippen molar-refractivity contribution in [1.29, 1.82) is 0 Å². The quantitative estimate of drug-likeness (QED) is 0.328. The van der Waals surface area contributed by atoms with Crippen molar-refractivity contribution in [3.63, 3.8) is 0 Å². The van der Waals surface area contributed by atoms with E-state index in [0.29, 0.717) is 5.56 Å². The molecule has 0 saturated carbocycles. The van der Waals surface area contributed by atoms with Crippen molar-refractivity contribution in [2.75, 3.05) is 0 Å². The van der Waals surface area contributed by atoms with Gasteiger partial charge in [-0.1, -0.05) is 27.7 Å². The molecule has 1 aromatic carbocycles. The van der Waals surface area contributed by atoms with E-state index in [0.717, 1.165) is 28.5 Å². The van der Waals surface area contributed by atoms with Gasteiger partial charge in [0.05, 0.1) is 0 Å². The summed E-state index contributed by atoms with van der Waals surface area (Å²) in [5, 5.41) is 1.29. The van der Waals surface area contributed by atoms with E-state index in [1.54, 1.807) is 24.3 Å². The molecule has 0 N–H and O–H groups in total. The summed E-state index contributed by atoms with van der Waals surface area (Å²) >= 11 is 4.10. The standard InChI is InChI=1S/C14H8BrF3N2OS/c15-10-3-1-9(2-4-10)11(21)6-8-22-13-19-7-5-12(20-13)14(16,17)18/h1-8H. The highest BCUT2D eigenvalue weighted by Gasteiger charge is 2.32. The van der Waals surface area contributed by atoms with Crippen LogP contribution in [0.4, 0.5) is 13.2 Å². The Labute approximate surface area is 136 Å². The lowest BCUT2D eigenvalue weighted by Crippen LogP contribution is -2.08. The molecular formula is C14H8BrF3N2OS. The monoisotopic (exact) mass is 388 g/mol. The number of thioether (sulfide) groups is 1. The molecule has 0 bridgehead atoms. The number of benzene rings is 1. The largest absolute Gasteiger partial charge is 0.433 e. The highest BCUT2D eigenvalue weighted by molar-refractivity contribution is 9.10. The van der Waals surface area contributed by atoms with Crippen molar-refractivity contribution in [2.24, 2.45) is 0 Å². The molecule has 0 aliphatic heterocycles. The molecule has 2 aromatic rings. The average Bonchev–Trinajstić information content (AvgIpc) is 2.47. The molecule has 0 amide bonds. The fraction of sp³-hybridized carbons (Fsp3) is 0.0714. The number of nitrogens with zero attached hydrogens (tertiary/aromatic N) is 2. The minimum Gasteiger partial charge on any atom is -0.289 e. The van der Waals surface area contributed by atoms with E-state index in [4.69, 9.17) is 0 Å². The fourth-order valence-electron chi connectivity index (χ4n) is 1.42. The van der Waals surface area contributed by atoms with Gasteiger partial charge in [-0.15, -0.1) is 0 Å². The summed E-state index contributed by atoms with van der Waals surface area (Å²) in [6.45, 7) is 0. The Balaban J connectivity index is 2.03.